The number of fused-ring (bicyclic) bond motifs is 5. The Hall–Kier alpha value is -4.41. The largest absolute Gasteiger partial charge is 0.458 e. The van der Waals surface area contributed by atoms with Gasteiger partial charge in [-0.1, -0.05) is 37.3 Å². The highest BCUT2D eigenvalue weighted by atomic mass is 19.1. The van der Waals surface area contributed by atoms with Crippen molar-refractivity contribution in [1.82, 2.24) is 14.5 Å². The number of amides is 1. The lowest BCUT2D eigenvalue weighted by atomic mass is 9.81. The first-order valence-corrected chi connectivity index (χ1v) is 15.4. The molecule has 9 nitrogen and oxygen atoms in total. The lowest BCUT2D eigenvalue weighted by Crippen LogP contribution is -2.44. The number of halogens is 1. The normalized spacial score (nSPS) is 19.6. The van der Waals surface area contributed by atoms with Crippen molar-refractivity contribution in [3.63, 3.8) is 0 Å². The number of esters is 1. The molecule has 0 fully saturated rings. The Balaban J connectivity index is 1.36. The van der Waals surface area contributed by atoms with Crippen molar-refractivity contribution in [2.45, 2.75) is 71.4 Å². The summed E-state index contributed by atoms with van der Waals surface area (Å²) in [6.07, 6.45) is 1.17. The molecule has 0 unspecified atom stereocenters. The number of likely N-dealkylation sites (N-methyl/N-ethyl adjacent to an activating group) is 1. The van der Waals surface area contributed by atoms with Crippen LogP contribution in [0.15, 0.2) is 47.3 Å². The zero-order valence-corrected chi connectivity index (χ0v) is 25.5. The monoisotopic (exact) mass is 611 g/mol. The van der Waals surface area contributed by atoms with Gasteiger partial charge in [-0.05, 0) is 61.4 Å². The van der Waals surface area contributed by atoms with Crippen molar-refractivity contribution < 1.29 is 28.6 Å². The van der Waals surface area contributed by atoms with E-state index in [0.717, 1.165) is 27.6 Å². The summed E-state index contributed by atoms with van der Waals surface area (Å²) in [5.41, 5.74) is 3.51. The predicted molar refractivity (Wildman–Crippen MR) is 164 cm³/mol. The molecule has 1 amide bonds. The number of cyclic esters (lactones) is 1. The molecule has 232 valence electrons. The number of carbonyl (C=O) groups is 2. The molecule has 4 aromatic rings. The molecule has 45 heavy (non-hydrogen) atoms. The molecule has 0 saturated heterocycles. The van der Waals surface area contributed by atoms with Gasteiger partial charge in [0.25, 0.3) is 5.56 Å². The third kappa shape index (κ3) is 4.41. The lowest BCUT2D eigenvalue weighted by molar-refractivity contribution is -0.172. The van der Waals surface area contributed by atoms with E-state index in [1.54, 1.807) is 29.4 Å². The number of rotatable bonds is 7. The van der Waals surface area contributed by atoms with E-state index in [1.807, 2.05) is 37.3 Å². The Morgan fingerprint density at radius 1 is 1.18 bits per heavy atom. The van der Waals surface area contributed by atoms with Crippen molar-refractivity contribution in [2.75, 3.05) is 13.2 Å². The maximum absolute atomic E-state index is 15.2. The quantitative estimate of drug-likeness (QED) is 0.268. The molecule has 4 heterocycles. The third-order valence-electron chi connectivity index (χ3n) is 9.72. The zero-order chi connectivity index (χ0) is 31.6. The van der Waals surface area contributed by atoms with Gasteiger partial charge in [-0.25, -0.2) is 14.2 Å². The molecule has 2 aromatic heterocycles. The number of hydrogen-bond donors (Lipinski definition) is 1. The molecule has 1 aliphatic carbocycles. The van der Waals surface area contributed by atoms with E-state index in [9.17, 15) is 19.5 Å². The number of ether oxygens (including phenoxy) is 2. The van der Waals surface area contributed by atoms with Crippen molar-refractivity contribution in [3.05, 3.63) is 97.6 Å². The number of carbonyl (C=O) groups excluding carboxylic acids is 2. The number of aliphatic hydroxyl groups is 1. The molecular weight excluding hydrogens is 577 g/mol. The minimum absolute atomic E-state index is 0.0286. The van der Waals surface area contributed by atoms with Crippen LogP contribution < -0.4 is 5.56 Å². The minimum Gasteiger partial charge on any atom is -0.458 e. The summed E-state index contributed by atoms with van der Waals surface area (Å²) >= 11 is 0. The van der Waals surface area contributed by atoms with E-state index >= 15 is 4.39 Å². The molecule has 0 spiro atoms. The van der Waals surface area contributed by atoms with Crippen LogP contribution >= 0.6 is 0 Å². The van der Waals surface area contributed by atoms with Crippen LogP contribution in [0.3, 0.4) is 0 Å². The summed E-state index contributed by atoms with van der Waals surface area (Å²) in [6, 6.07) is 12.4. The van der Waals surface area contributed by atoms with Crippen LogP contribution in [-0.4, -0.2) is 44.6 Å². The van der Waals surface area contributed by atoms with Gasteiger partial charge in [0.1, 0.15) is 19.0 Å². The van der Waals surface area contributed by atoms with Crippen molar-refractivity contribution in [3.8, 4) is 11.4 Å². The molecule has 2 aliphatic heterocycles. The zero-order valence-electron chi connectivity index (χ0n) is 25.5. The summed E-state index contributed by atoms with van der Waals surface area (Å²) in [4.78, 5) is 46.9. The summed E-state index contributed by atoms with van der Waals surface area (Å²) in [5.74, 6) is -1.32. The topological polar surface area (TPSA) is 111 Å². The summed E-state index contributed by atoms with van der Waals surface area (Å²) < 4.78 is 27.9. The Morgan fingerprint density at radius 2 is 1.96 bits per heavy atom. The van der Waals surface area contributed by atoms with E-state index in [0.29, 0.717) is 48.5 Å². The van der Waals surface area contributed by atoms with Gasteiger partial charge < -0.3 is 24.0 Å². The van der Waals surface area contributed by atoms with Gasteiger partial charge >= 0.3 is 5.97 Å². The highest BCUT2D eigenvalue weighted by Gasteiger charge is 2.46. The van der Waals surface area contributed by atoms with Gasteiger partial charge in [0.2, 0.25) is 5.91 Å². The van der Waals surface area contributed by atoms with Crippen LogP contribution in [0.4, 0.5) is 4.39 Å². The standard InChI is InChI=1S/C35H34FN3O6/c1-4-35(43)24-13-28-32-22(15-39(28)33(41)23(24)17-45-34(35)42)31-27(12-11-21-19(3)25(36)14-26(37-32)30(21)31)38(5-2)29(40)18-44-16-20-9-7-6-8-10-20/h6-10,13-14,27,43H,4-5,11-12,15-18H2,1-3H3/t27-,35-/m0/s1. The van der Waals surface area contributed by atoms with Gasteiger partial charge in [0.05, 0.1) is 41.7 Å². The summed E-state index contributed by atoms with van der Waals surface area (Å²) in [7, 11) is 0. The highest BCUT2D eigenvalue weighted by Crippen LogP contribution is 2.47. The fourth-order valence-electron chi connectivity index (χ4n) is 7.33. The second-order valence-electron chi connectivity index (χ2n) is 12.0. The molecule has 10 heteroatoms. The SMILES string of the molecule is CCN(C(=O)COCc1ccccc1)[C@H]1CCc2c(C)c(F)cc3nc4c(c1c23)Cn1c-4cc2c(c1=O)COC(=O)[C@]2(O)CC. The maximum Gasteiger partial charge on any atom is 0.343 e. The van der Waals surface area contributed by atoms with Crippen LogP contribution in [0, 0.1) is 12.7 Å². The second-order valence-corrected chi connectivity index (χ2v) is 12.0. The van der Waals surface area contributed by atoms with Gasteiger partial charge in [0.15, 0.2) is 5.60 Å². The second kappa shape index (κ2) is 10.9. The third-order valence-corrected chi connectivity index (χ3v) is 9.72. The molecule has 2 aromatic carbocycles. The molecule has 3 aliphatic rings. The predicted octanol–water partition coefficient (Wildman–Crippen LogP) is 4.58. The van der Waals surface area contributed by atoms with Crippen LogP contribution in [0.25, 0.3) is 22.3 Å². The van der Waals surface area contributed by atoms with E-state index in [2.05, 4.69) is 0 Å². The molecule has 0 bridgehead atoms. The van der Waals surface area contributed by atoms with Gasteiger partial charge in [-0.2, -0.15) is 0 Å². The molecule has 2 atom stereocenters. The van der Waals surface area contributed by atoms with Crippen molar-refractivity contribution in [1.29, 1.82) is 0 Å². The molecule has 0 radical (unpaired) electrons. The Morgan fingerprint density at radius 3 is 2.69 bits per heavy atom. The Kier molecular flexibility index (Phi) is 7.09. The van der Waals surface area contributed by atoms with E-state index in [-0.39, 0.29) is 60.6 Å². The number of pyridine rings is 2. The average molecular weight is 612 g/mol. The van der Waals surface area contributed by atoms with Crippen LogP contribution in [0.2, 0.25) is 0 Å². The maximum atomic E-state index is 15.2. The molecule has 7 rings (SSSR count). The first-order chi connectivity index (χ1) is 21.7. The number of aryl methyl sites for hydroxylation is 1. The summed E-state index contributed by atoms with van der Waals surface area (Å²) in [6.45, 7) is 5.94. The van der Waals surface area contributed by atoms with Gasteiger partial charge in [-0.3, -0.25) is 9.59 Å². The first kappa shape index (κ1) is 29.3. The number of hydrogen-bond acceptors (Lipinski definition) is 7. The van der Waals surface area contributed by atoms with Gasteiger partial charge in [0, 0.05) is 29.1 Å². The van der Waals surface area contributed by atoms with E-state index < -0.39 is 11.6 Å². The Labute approximate surface area is 259 Å². The lowest BCUT2D eigenvalue weighted by Gasteiger charge is -2.37. The fourth-order valence-corrected chi connectivity index (χ4v) is 7.33. The highest BCUT2D eigenvalue weighted by molar-refractivity contribution is 5.94. The first-order valence-electron chi connectivity index (χ1n) is 15.4. The fraction of sp³-hybridized carbons (Fsp3) is 0.371. The van der Waals surface area contributed by atoms with Crippen LogP contribution in [-0.2, 0) is 50.8 Å². The van der Waals surface area contributed by atoms with E-state index in [1.165, 1.54) is 6.07 Å². The summed E-state index contributed by atoms with van der Waals surface area (Å²) in [5, 5.41) is 12.1. The number of nitrogens with zero attached hydrogens (tertiary/aromatic N) is 3. The van der Waals surface area contributed by atoms with Crippen LogP contribution in [0.5, 0.6) is 0 Å². The van der Waals surface area contributed by atoms with Crippen molar-refractivity contribution >= 4 is 22.8 Å². The Bertz CT molecular complexity index is 1960. The van der Waals surface area contributed by atoms with Crippen molar-refractivity contribution in [2.24, 2.45) is 0 Å². The molecule has 0 saturated carbocycles. The molecule has 1 N–H and O–H groups in total. The smallest absolute Gasteiger partial charge is 0.343 e. The van der Waals surface area contributed by atoms with E-state index in [4.69, 9.17) is 14.5 Å². The minimum atomic E-state index is -1.96. The molecular formula is C35H34FN3O6. The number of aromatic nitrogens is 2. The van der Waals surface area contributed by atoms with Crippen LogP contribution in [0.1, 0.15) is 71.7 Å². The van der Waals surface area contributed by atoms with Gasteiger partial charge in [-0.15, -0.1) is 0 Å². The number of benzene rings is 2. The average Bonchev–Trinajstić information content (AvgIpc) is 3.41.